The zero-order valence-electron chi connectivity index (χ0n) is 32.0. The largest absolute Gasteiger partial charge is 0.135 e. The van der Waals surface area contributed by atoms with Crippen LogP contribution in [0, 0.1) is 0 Å². The summed E-state index contributed by atoms with van der Waals surface area (Å²) in [7, 11) is 0. The highest BCUT2D eigenvalue weighted by molar-refractivity contribution is 7.26. The average Bonchev–Trinajstić information content (AvgIpc) is 3.85. The van der Waals surface area contributed by atoms with Gasteiger partial charge in [0.25, 0.3) is 0 Å². The first-order valence-corrected chi connectivity index (χ1v) is 21.2. The van der Waals surface area contributed by atoms with Crippen LogP contribution in [-0.2, 0) is 0 Å². The zero-order chi connectivity index (χ0) is 38.6. The van der Waals surface area contributed by atoms with E-state index in [4.69, 9.17) is 0 Å². The van der Waals surface area contributed by atoms with E-state index in [9.17, 15) is 0 Å². The Hall–Kier alpha value is -7.32. The maximum atomic E-state index is 2.43. The van der Waals surface area contributed by atoms with Crippen molar-refractivity contribution in [1.82, 2.24) is 0 Å². The molecule has 11 aromatic carbocycles. The standard InChI is InChI=1S/C58H34S/c1-2-14-40-35(12-1)28-30-52-53-34-38(29-33-54(53)59-58(40)52)56-49-20-9-7-18-47(49)55(48-19-8-10-21-50(48)56)37-26-24-36(25-27-37)39-13-3-4-15-41(39)44-31-32-51-43-17-6-5-16-42(43)45-22-11-23-46(44)57(45)51/h1-34H. The summed E-state index contributed by atoms with van der Waals surface area (Å²) in [5, 5.41) is 13.0. The topological polar surface area (TPSA) is 0 Å². The van der Waals surface area contributed by atoms with Crippen LogP contribution in [0.5, 0.6) is 0 Å². The summed E-state index contributed by atoms with van der Waals surface area (Å²) in [5.74, 6) is 0. The molecular formula is C58H34S. The van der Waals surface area contributed by atoms with E-state index in [1.807, 2.05) is 11.3 Å². The Labute approximate surface area is 345 Å². The second-order valence-electron chi connectivity index (χ2n) is 15.9. The summed E-state index contributed by atoms with van der Waals surface area (Å²) in [4.78, 5) is 0. The molecule has 0 fully saturated rings. The minimum absolute atomic E-state index is 1.21. The molecule has 0 bridgehead atoms. The molecule has 13 rings (SSSR count). The van der Waals surface area contributed by atoms with E-state index in [0.717, 1.165) is 0 Å². The number of fused-ring (bicyclic) bond motifs is 10. The van der Waals surface area contributed by atoms with Crippen LogP contribution in [0.25, 0.3) is 130 Å². The molecule has 0 unspecified atom stereocenters. The Morgan fingerprint density at radius 3 is 1.44 bits per heavy atom. The molecule has 0 radical (unpaired) electrons. The van der Waals surface area contributed by atoms with Crippen molar-refractivity contribution in [3.05, 3.63) is 206 Å². The average molecular weight is 763 g/mol. The van der Waals surface area contributed by atoms with E-state index in [1.54, 1.807) is 0 Å². The Kier molecular flexibility index (Phi) is 6.98. The molecule has 0 nitrogen and oxygen atoms in total. The highest BCUT2D eigenvalue weighted by atomic mass is 32.1. The maximum Gasteiger partial charge on any atom is 0.0433 e. The van der Waals surface area contributed by atoms with E-state index in [2.05, 4.69) is 206 Å². The van der Waals surface area contributed by atoms with Crippen LogP contribution >= 0.6 is 11.3 Å². The Bertz CT molecular complexity index is 3630. The van der Waals surface area contributed by atoms with Gasteiger partial charge in [0.05, 0.1) is 0 Å². The predicted octanol–water partition coefficient (Wildman–Crippen LogP) is 17.0. The van der Waals surface area contributed by atoms with Crippen molar-refractivity contribution in [3.63, 3.8) is 0 Å². The smallest absolute Gasteiger partial charge is 0.0433 e. The second kappa shape index (κ2) is 12.6. The van der Waals surface area contributed by atoms with Gasteiger partial charge in [-0.15, -0.1) is 11.3 Å². The van der Waals surface area contributed by atoms with Gasteiger partial charge >= 0.3 is 0 Å². The summed E-state index contributed by atoms with van der Waals surface area (Å²) < 4.78 is 2.69. The van der Waals surface area contributed by atoms with Gasteiger partial charge in [-0.3, -0.25) is 0 Å². The fraction of sp³-hybridized carbons (Fsp3) is 0. The Morgan fingerprint density at radius 2 is 0.746 bits per heavy atom. The maximum absolute atomic E-state index is 2.43. The molecular weight excluding hydrogens is 729 g/mol. The third kappa shape index (κ3) is 4.77. The van der Waals surface area contributed by atoms with Crippen molar-refractivity contribution >= 4 is 74.6 Å². The van der Waals surface area contributed by atoms with Crippen LogP contribution in [0.2, 0.25) is 0 Å². The molecule has 1 aliphatic carbocycles. The molecule has 0 aliphatic heterocycles. The lowest BCUT2D eigenvalue weighted by Gasteiger charge is -2.18. The first-order chi connectivity index (χ1) is 29.3. The van der Waals surface area contributed by atoms with Gasteiger partial charge in [0.15, 0.2) is 0 Å². The van der Waals surface area contributed by atoms with Crippen LogP contribution in [0.1, 0.15) is 0 Å². The van der Waals surface area contributed by atoms with Crippen molar-refractivity contribution < 1.29 is 0 Å². The van der Waals surface area contributed by atoms with Crippen LogP contribution in [0.4, 0.5) is 0 Å². The Morgan fingerprint density at radius 1 is 0.254 bits per heavy atom. The van der Waals surface area contributed by atoms with Crippen molar-refractivity contribution in [2.45, 2.75) is 0 Å². The monoisotopic (exact) mass is 762 g/mol. The van der Waals surface area contributed by atoms with E-state index in [0.29, 0.717) is 0 Å². The van der Waals surface area contributed by atoms with E-state index < -0.39 is 0 Å². The molecule has 0 atom stereocenters. The highest BCUT2D eigenvalue weighted by Gasteiger charge is 2.23. The van der Waals surface area contributed by atoms with E-state index >= 15 is 0 Å². The molecule has 0 amide bonds. The van der Waals surface area contributed by atoms with Crippen molar-refractivity contribution in [2.24, 2.45) is 0 Å². The van der Waals surface area contributed by atoms with Crippen molar-refractivity contribution in [3.8, 4) is 66.8 Å². The van der Waals surface area contributed by atoms with Gasteiger partial charge in [-0.25, -0.2) is 0 Å². The summed E-state index contributed by atoms with van der Waals surface area (Å²) in [5.41, 5.74) is 15.3. The van der Waals surface area contributed by atoms with Gasteiger partial charge in [-0.1, -0.05) is 194 Å². The molecule has 59 heavy (non-hydrogen) atoms. The lowest BCUT2D eigenvalue weighted by molar-refractivity contribution is 1.59. The van der Waals surface area contributed by atoms with Crippen LogP contribution in [0.15, 0.2) is 206 Å². The molecule has 1 aliphatic rings. The fourth-order valence-electron chi connectivity index (χ4n) is 10.2. The minimum Gasteiger partial charge on any atom is -0.135 e. The van der Waals surface area contributed by atoms with Gasteiger partial charge in [0.1, 0.15) is 0 Å². The third-order valence-electron chi connectivity index (χ3n) is 12.8. The van der Waals surface area contributed by atoms with Gasteiger partial charge in [-0.05, 0) is 122 Å². The highest BCUT2D eigenvalue weighted by Crippen LogP contribution is 2.51. The quantitative estimate of drug-likeness (QED) is 0.157. The molecule has 1 aromatic heterocycles. The molecule has 12 aromatic rings. The number of rotatable bonds is 4. The zero-order valence-corrected chi connectivity index (χ0v) is 32.9. The third-order valence-corrected chi connectivity index (χ3v) is 14.1. The summed E-state index contributed by atoms with van der Waals surface area (Å²) in [6.45, 7) is 0. The van der Waals surface area contributed by atoms with Crippen LogP contribution in [-0.4, -0.2) is 0 Å². The van der Waals surface area contributed by atoms with Crippen molar-refractivity contribution in [2.75, 3.05) is 0 Å². The van der Waals surface area contributed by atoms with Gasteiger partial charge in [0, 0.05) is 20.2 Å². The first-order valence-electron chi connectivity index (χ1n) is 20.4. The molecule has 272 valence electrons. The van der Waals surface area contributed by atoms with Gasteiger partial charge < -0.3 is 0 Å². The molecule has 1 heteroatoms. The minimum atomic E-state index is 1.21. The van der Waals surface area contributed by atoms with E-state index in [1.165, 1.54) is 130 Å². The first kappa shape index (κ1) is 32.7. The SMILES string of the molecule is c1ccc(-c2ccc3c4c(cccc24)-c2ccccc2-3)c(-c2ccc(-c3c4ccccc4c(-c4ccc5sc6c7ccccc7ccc6c5c4)c4ccccc34)cc2)c1. The summed E-state index contributed by atoms with van der Waals surface area (Å²) >= 11 is 1.90. The van der Waals surface area contributed by atoms with Crippen LogP contribution < -0.4 is 0 Å². The van der Waals surface area contributed by atoms with Crippen molar-refractivity contribution in [1.29, 1.82) is 0 Å². The lowest BCUT2D eigenvalue weighted by atomic mass is 9.85. The number of hydrogen-bond acceptors (Lipinski definition) is 1. The number of hydrogen-bond donors (Lipinski definition) is 0. The fourth-order valence-corrected chi connectivity index (χ4v) is 11.5. The van der Waals surface area contributed by atoms with E-state index in [-0.39, 0.29) is 0 Å². The van der Waals surface area contributed by atoms with Crippen LogP contribution in [0.3, 0.4) is 0 Å². The Balaban J connectivity index is 0.954. The second-order valence-corrected chi connectivity index (χ2v) is 16.9. The predicted molar refractivity (Wildman–Crippen MR) is 256 cm³/mol. The van der Waals surface area contributed by atoms with Gasteiger partial charge in [0.2, 0.25) is 0 Å². The molecule has 0 spiro atoms. The number of benzene rings is 11. The normalized spacial score (nSPS) is 12.1. The summed E-state index contributed by atoms with van der Waals surface area (Å²) in [6, 6.07) is 76.9. The molecule has 0 N–H and O–H groups in total. The summed E-state index contributed by atoms with van der Waals surface area (Å²) in [6.07, 6.45) is 0. The van der Waals surface area contributed by atoms with Gasteiger partial charge in [-0.2, -0.15) is 0 Å². The molecule has 0 saturated carbocycles. The molecule has 1 heterocycles. The molecule has 0 saturated heterocycles. The number of thiophene rings is 1. The lowest BCUT2D eigenvalue weighted by Crippen LogP contribution is -1.91.